The van der Waals surface area contributed by atoms with Gasteiger partial charge in [0.25, 0.3) is 0 Å². The lowest BCUT2D eigenvalue weighted by Gasteiger charge is -2.33. The van der Waals surface area contributed by atoms with Gasteiger partial charge in [0, 0.05) is 19.6 Å². The van der Waals surface area contributed by atoms with E-state index in [1.165, 1.54) is 41.6 Å². The molecule has 4 heteroatoms. The predicted molar refractivity (Wildman–Crippen MR) is 103 cm³/mol. The van der Waals surface area contributed by atoms with E-state index in [1.54, 1.807) is 0 Å². The number of hydrogen-bond donors (Lipinski definition) is 2. The van der Waals surface area contributed by atoms with Gasteiger partial charge < -0.3 is 10.6 Å². The van der Waals surface area contributed by atoms with Gasteiger partial charge in [0.05, 0.1) is 6.04 Å². The van der Waals surface area contributed by atoms with Crippen LogP contribution in [-0.2, 0) is 11.3 Å². The van der Waals surface area contributed by atoms with Crippen LogP contribution in [0.5, 0.6) is 0 Å². The second-order valence-electron chi connectivity index (χ2n) is 8.01. The van der Waals surface area contributed by atoms with Crippen molar-refractivity contribution in [3.63, 3.8) is 0 Å². The van der Waals surface area contributed by atoms with E-state index in [1.807, 2.05) is 0 Å². The normalized spacial score (nSPS) is 24.4. The van der Waals surface area contributed by atoms with Crippen LogP contribution in [0.3, 0.4) is 0 Å². The molecule has 0 saturated carbocycles. The Balaban J connectivity index is 1.52. The number of nitrogens with zero attached hydrogens (tertiary/aromatic N) is 1. The van der Waals surface area contributed by atoms with E-state index >= 15 is 0 Å². The maximum atomic E-state index is 12.2. The fourth-order valence-electron chi connectivity index (χ4n) is 4.42. The number of benzene rings is 1. The Morgan fingerprint density at radius 2 is 1.96 bits per heavy atom. The summed E-state index contributed by atoms with van der Waals surface area (Å²) in [5, 5.41) is 6.46. The second-order valence-corrected chi connectivity index (χ2v) is 8.01. The third-order valence-electron chi connectivity index (χ3n) is 5.77. The summed E-state index contributed by atoms with van der Waals surface area (Å²) in [6, 6.07) is 4.62. The van der Waals surface area contributed by atoms with Crippen LogP contribution < -0.4 is 10.6 Å². The van der Waals surface area contributed by atoms with Crippen molar-refractivity contribution in [3.05, 3.63) is 34.4 Å². The summed E-state index contributed by atoms with van der Waals surface area (Å²) >= 11 is 0. The lowest BCUT2D eigenvalue weighted by atomic mass is 9.95. The summed E-state index contributed by atoms with van der Waals surface area (Å²) in [5.74, 6) is 0.769. The van der Waals surface area contributed by atoms with E-state index in [-0.39, 0.29) is 11.9 Å². The fourth-order valence-corrected chi connectivity index (χ4v) is 4.42. The van der Waals surface area contributed by atoms with E-state index in [4.69, 9.17) is 0 Å². The molecule has 0 aromatic heterocycles. The summed E-state index contributed by atoms with van der Waals surface area (Å²) in [7, 11) is 0. The molecule has 1 aromatic carbocycles. The average molecular weight is 344 g/mol. The molecule has 2 saturated heterocycles. The first-order chi connectivity index (χ1) is 12.0. The quantitative estimate of drug-likeness (QED) is 0.864. The standard InChI is InChI=1S/C21H33N3O/c1-15-10-16(2)19(17(3)11-15)14-24-9-5-6-18(13-24)12-23-21(25)20-7-4-8-22-20/h10-11,18,20,22H,4-9,12-14H2,1-3H3,(H,23,25). The zero-order valence-electron chi connectivity index (χ0n) is 16.0. The molecule has 0 spiro atoms. The molecule has 3 rings (SSSR count). The molecule has 2 aliphatic heterocycles. The van der Waals surface area contributed by atoms with Crippen LogP contribution in [0, 0.1) is 26.7 Å². The molecular formula is C21H33N3O. The van der Waals surface area contributed by atoms with Gasteiger partial charge in [-0.3, -0.25) is 9.69 Å². The molecule has 2 atom stereocenters. The summed E-state index contributed by atoms with van der Waals surface area (Å²) in [5.41, 5.74) is 5.63. The molecule has 0 radical (unpaired) electrons. The van der Waals surface area contributed by atoms with Crippen molar-refractivity contribution in [1.29, 1.82) is 0 Å². The number of hydrogen-bond acceptors (Lipinski definition) is 3. The number of likely N-dealkylation sites (tertiary alicyclic amines) is 1. The van der Waals surface area contributed by atoms with Crippen LogP contribution in [0.2, 0.25) is 0 Å². The minimum Gasteiger partial charge on any atom is -0.354 e. The Hall–Kier alpha value is -1.39. The largest absolute Gasteiger partial charge is 0.354 e. The van der Waals surface area contributed by atoms with Gasteiger partial charge in [-0.25, -0.2) is 0 Å². The highest BCUT2D eigenvalue weighted by Gasteiger charge is 2.25. The Labute approximate surface area is 152 Å². The van der Waals surface area contributed by atoms with Crippen molar-refractivity contribution in [2.75, 3.05) is 26.2 Å². The number of nitrogens with one attached hydrogen (secondary N) is 2. The Morgan fingerprint density at radius 1 is 1.20 bits per heavy atom. The van der Waals surface area contributed by atoms with Crippen molar-refractivity contribution in [2.24, 2.45) is 5.92 Å². The van der Waals surface area contributed by atoms with Crippen molar-refractivity contribution >= 4 is 5.91 Å². The zero-order chi connectivity index (χ0) is 17.8. The lowest BCUT2D eigenvalue weighted by Crippen LogP contribution is -2.45. The summed E-state index contributed by atoms with van der Waals surface area (Å²) in [6.07, 6.45) is 4.55. The van der Waals surface area contributed by atoms with Gasteiger partial charge in [-0.15, -0.1) is 0 Å². The molecule has 1 amide bonds. The topological polar surface area (TPSA) is 44.4 Å². The zero-order valence-corrected chi connectivity index (χ0v) is 16.0. The number of piperidine rings is 1. The van der Waals surface area contributed by atoms with E-state index in [2.05, 4.69) is 48.4 Å². The smallest absolute Gasteiger partial charge is 0.237 e. The van der Waals surface area contributed by atoms with Crippen LogP contribution in [0.15, 0.2) is 12.1 Å². The van der Waals surface area contributed by atoms with Gasteiger partial charge in [0.15, 0.2) is 0 Å². The number of carbonyl (C=O) groups is 1. The number of aryl methyl sites for hydroxylation is 3. The molecule has 2 unspecified atom stereocenters. The van der Waals surface area contributed by atoms with Crippen LogP contribution in [-0.4, -0.2) is 43.0 Å². The molecule has 0 aliphatic carbocycles. The maximum absolute atomic E-state index is 12.2. The first kappa shape index (κ1) is 18.4. The van der Waals surface area contributed by atoms with Crippen molar-refractivity contribution in [1.82, 2.24) is 15.5 Å². The molecule has 2 N–H and O–H groups in total. The molecule has 4 nitrogen and oxygen atoms in total. The van der Waals surface area contributed by atoms with Crippen molar-refractivity contribution < 1.29 is 4.79 Å². The van der Waals surface area contributed by atoms with Gasteiger partial charge in [0.1, 0.15) is 0 Å². The molecular weight excluding hydrogens is 310 g/mol. The Kier molecular flexibility index (Phi) is 6.13. The molecule has 2 fully saturated rings. The highest BCUT2D eigenvalue weighted by atomic mass is 16.2. The van der Waals surface area contributed by atoms with Gasteiger partial charge in [-0.2, -0.15) is 0 Å². The van der Waals surface area contributed by atoms with Crippen LogP contribution in [0.1, 0.15) is 47.9 Å². The number of carbonyl (C=O) groups excluding carboxylic acids is 1. The SMILES string of the molecule is Cc1cc(C)c(CN2CCCC(CNC(=O)C3CCCN3)C2)c(C)c1. The lowest BCUT2D eigenvalue weighted by molar-refractivity contribution is -0.123. The Bertz CT molecular complexity index is 584. The molecule has 138 valence electrons. The first-order valence-electron chi connectivity index (χ1n) is 9.83. The minimum atomic E-state index is 0.0394. The van der Waals surface area contributed by atoms with Gasteiger partial charge in [-0.1, -0.05) is 17.7 Å². The van der Waals surface area contributed by atoms with Gasteiger partial charge in [-0.05, 0) is 82.2 Å². The minimum absolute atomic E-state index is 0.0394. The second kappa shape index (κ2) is 8.33. The summed E-state index contributed by atoms with van der Waals surface area (Å²) in [6.45, 7) is 11.7. The third kappa shape index (κ3) is 4.83. The van der Waals surface area contributed by atoms with Crippen molar-refractivity contribution in [3.8, 4) is 0 Å². The molecule has 2 heterocycles. The number of amides is 1. The first-order valence-corrected chi connectivity index (χ1v) is 9.83. The van der Waals surface area contributed by atoms with Crippen molar-refractivity contribution in [2.45, 2.75) is 59.0 Å². The maximum Gasteiger partial charge on any atom is 0.237 e. The van der Waals surface area contributed by atoms with Crippen LogP contribution in [0.25, 0.3) is 0 Å². The van der Waals surface area contributed by atoms with Gasteiger partial charge >= 0.3 is 0 Å². The van der Waals surface area contributed by atoms with Gasteiger partial charge in [0.2, 0.25) is 5.91 Å². The molecule has 2 aliphatic rings. The molecule has 0 bridgehead atoms. The molecule has 25 heavy (non-hydrogen) atoms. The monoisotopic (exact) mass is 343 g/mol. The fraction of sp³-hybridized carbons (Fsp3) is 0.667. The Morgan fingerprint density at radius 3 is 2.64 bits per heavy atom. The van der Waals surface area contributed by atoms with Crippen LogP contribution >= 0.6 is 0 Å². The van der Waals surface area contributed by atoms with E-state index in [9.17, 15) is 4.79 Å². The van der Waals surface area contributed by atoms with E-state index in [0.717, 1.165) is 39.0 Å². The third-order valence-corrected chi connectivity index (χ3v) is 5.77. The van der Waals surface area contributed by atoms with Crippen LogP contribution in [0.4, 0.5) is 0 Å². The van der Waals surface area contributed by atoms with E-state index < -0.39 is 0 Å². The van der Waals surface area contributed by atoms with E-state index in [0.29, 0.717) is 5.92 Å². The molecule has 1 aromatic rings. The highest BCUT2D eigenvalue weighted by Crippen LogP contribution is 2.22. The summed E-state index contributed by atoms with van der Waals surface area (Å²) < 4.78 is 0. The predicted octanol–water partition coefficient (Wildman–Crippen LogP) is 2.69. The average Bonchev–Trinajstić information content (AvgIpc) is 3.11. The highest BCUT2D eigenvalue weighted by molar-refractivity contribution is 5.81. The number of rotatable bonds is 5. The summed E-state index contributed by atoms with van der Waals surface area (Å²) in [4.78, 5) is 14.8.